The number of carbonyl (C=O) groups excluding carboxylic acids is 1. The van der Waals surface area contributed by atoms with Crippen LogP contribution in [0.4, 0.5) is 4.39 Å². The van der Waals surface area contributed by atoms with Gasteiger partial charge in [0.05, 0.1) is 0 Å². The van der Waals surface area contributed by atoms with E-state index in [9.17, 15) is 9.18 Å². The maximum Gasteiger partial charge on any atom is 0.257 e. The van der Waals surface area contributed by atoms with Crippen LogP contribution in [-0.4, -0.2) is 30.7 Å². The van der Waals surface area contributed by atoms with Gasteiger partial charge in [-0.3, -0.25) is 4.79 Å². The molecule has 2 N–H and O–H groups in total. The molecule has 1 saturated heterocycles. The second-order valence-corrected chi connectivity index (χ2v) is 3.98. The Bertz CT molecular complexity index is 183. The van der Waals surface area contributed by atoms with Gasteiger partial charge < -0.3 is 10.6 Å². The fraction of sp³-hybridized carbons (Fsp3) is 0.889. The number of alkyl halides is 1. The smallest absolute Gasteiger partial charge is 0.257 e. The summed E-state index contributed by atoms with van der Waals surface area (Å²) in [7, 11) is 0. The summed E-state index contributed by atoms with van der Waals surface area (Å²) in [5.41, 5.74) is -1.77. The molecule has 1 atom stereocenters. The minimum atomic E-state index is -1.77. The molecule has 1 aliphatic rings. The standard InChI is InChI=1S/C9H17FN2O/c1-9(2,10)8(13)12-6-7-4-3-5-11-7/h7,11H,3-6H2,1-2H3,(H,12,13). The van der Waals surface area contributed by atoms with E-state index in [0.29, 0.717) is 12.6 Å². The number of rotatable bonds is 3. The predicted molar refractivity (Wildman–Crippen MR) is 49.2 cm³/mol. The molecular weight excluding hydrogens is 171 g/mol. The Labute approximate surface area is 78.1 Å². The summed E-state index contributed by atoms with van der Waals surface area (Å²) in [6, 6.07) is 0.325. The summed E-state index contributed by atoms with van der Waals surface area (Å²) in [6.45, 7) is 4.07. The van der Waals surface area contributed by atoms with Crippen LogP contribution in [-0.2, 0) is 4.79 Å². The monoisotopic (exact) mass is 188 g/mol. The summed E-state index contributed by atoms with van der Waals surface area (Å²) in [6.07, 6.45) is 2.20. The van der Waals surface area contributed by atoms with Crippen molar-refractivity contribution < 1.29 is 9.18 Å². The van der Waals surface area contributed by atoms with Gasteiger partial charge in [0.2, 0.25) is 0 Å². The van der Waals surface area contributed by atoms with Crippen molar-refractivity contribution in [3.63, 3.8) is 0 Å². The number of nitrogens with one attached hydrogen (secondary N) is 2. The van der Waals surface area contributed by atoms with Crippen molar-refractivity contribution in [2.24, 2.45) is 0 Å². The summed E-state index contributed by atoms with van der Waals surface area (Å²) in [5, 5.41) is 5.81. The number of hydrogen-bond donors (Lipinski definition) is 2. The van der Waals surface area contributed by atoms with Crippen molar-refractivity contribution in [1.29, 1.82) is 0 Å². The molecule has 1 heterocycles. The van der Waals surface area contributed by atoms with Gasteiger partial charge in [0.25, 0.3) is 5.91 Å². The fourth-order valence-electron chi connectivity index (χ4n) is 1.36. The van der Waals surface area contributed by atoms with Crippen molar-refractivity contribution in [3.05, 3.63) is 0 Å². The molecule has 4 heteroatoms. The highest BCUT2D eigenvalue weighted by Crippen LogP contribution is 2.08. The van der Waals surface area contributed by atoms with E-state index in [1.807, 2.05) is 0 Å². The first-order valence-electron chi connectivity index (χ1n) is 4.71. The van der Waals surface area contributed by atoms with Crippen LogP contribution in [0.3, 0.4) is 0 Å². The lowest BCUT2D eigenvalue weighted by molar-refractivity contribution is -0.130. The number of carbonyl (C=O) groups is 1. The second kappa shape index (κ2) is 4.05. The zero-order valence-electron chi connectivity index (χ0n) is 8.19. The molecule has 0 bridgehead atoms. The molecule has 0 aliphatic carbocycles. The Morgan fingerprint density at radius 3 is 2.85 bits per heavy atom. The van der Waals surface area contributed by atoms with Crippen molar-refractivity contribution in [2.75, 3.05) is 13.1 Å². The lowest BCUT2D eigenvalue weighted by Crippen LogP contribution is -2.44. The van der Waals surface area contributed by atoms with Gasteiger partial charge in [-0.15, -0.1) is 0 Å². The molecule has 0 radical (unpaired) electrons. The van der Waals surface area contributed by atoms with Gasteiger partial charge in [0, 0.05) is 12.6 Å². The summed E-state index contributed by atoms with van der Waals surface area (Å²) in [4.78, 5) is 11.1. The highest BCUT2D eigenvalue weighted by molar-refractivity contribution is 5.84. The molecule has 1 fully saturated rings. The van der Waals surface area contributed by atoms with Gasteiger partial charge in [-0.25, -0.2) is 4.39 Å². The topological polar surface area (TPSA) is 41.1 Å². The Kier molecular flexibility index (Phi) is 3.25. The third-order valence-electron chi connectivity index (χ3n) is 2.21. The predicted octanol–water partition coefficient (Wildman–Crippen LogP) is 0.603. The quantitative estimate of drug-likeness (QED) is 0.681. The number of hydrogen-bond acceptors (Lipinski definition) is 2. The Balaban J connectivity index is 2.22. The zero-order valence-corrected chi connectivity index (χ0v) is 8.19. The molecule has 1 unspecified atom stereocenters. The Morgan fingerprint density at radius 1 is 1.69 bits per heavy atom. The SMILES string of the molecule is CC(C)(F)C(=O)NCC1CCCN1. The zero-order chi connectivity index (χ0) is 9.90. The van der Waals surface area contributed by atoms with E-state index in [4.69, 9.17) is 0 Å². The minimum absolute atomic E-state index is 0.325. The van der Waals surface area contributed by atoms with E-state index < -0.39 is 11.6 Å². The normalized spacial score (nSPS) is 23.2. The molecule has 0 aromatic rings. The van der Waals surface area contributed by atoms with Crippen LogP contribution in [0.1, 0.15) is 26.7 Å². The fourth-order valence-corrected chi connectivity index (χ4v) is 1.36. The molecule has 3 nitrogen and oxygen atoms in total. The summed E-state index contributed by atoms with van der Waals surface area (Å²) in [5.74, 6) is -0.527. The third-order valence-corrected chi connectivity index (χ3v) is 2.21. The second-order valence-electron chi connectivity index (χ2n) is 3.98. The summed E-state index contributed by atoms with van der Waals surface area (Å²) < 4.78 is 13.0. The average molecular weight is 188 g/mol. The van der Waals surface area contributed by atoms with Crippen LogP contribution in [0.25, 0.3) is 0 Å². The van der Waals surface area contributed by atoms with Gasteiger partial charge in [-0.1, -0.05) is 0 Å². The summed E-state index contributed by atoms with van der Waals surface area (Å²) >= 11 is 0. The first kappa shape index (κ1) is 10.4. The third kappa shape index (κ3) is 3.30. The van der Waals surface area contributed by atoms with Crippen LogP contribution in [0.5, 0.6) is 0 Å². The van der Waals surface area contributed by atoms with Crippen molar-refractivity contribution in [1.82, 2.24) is 10.6 Å². The van der Waals surface area contributed by atoms with Crippen molar-refractivity contribution in [3.8, 4) is 0 Å². The Morgan fingerprint density at radius 2 is 2.38 bits per heavy atom. The van der Waals surface area contributed by atoms with Gasteiger partial charge in [-0.05, 0) is 33.2 Å². The van der Waals surface area contributed by atoms with Crippen LogP contribution >= 0.6 is 0 Å². The van der Waals surface area contributed by atoms with Crippen LogP contribution < -0.4 is 10.6 Å². The molecule has 1 amide bonds. The van der Waals surface area contributed by atoms with Gasteiger partial charge >= 0.3 is 0 Å². The number of amides is 1. The molecule has 0 aromatic heterocycles. The van der Waals surface area contributed by atoms with Crippen LogP contribution in [0, 0.1) is 0 Å². The van der Waals surface area contributed by atoms with Crippen LogP contribution in [0.15, 0.2) is 0 Å². The van der Waals surface area contributed by atoms with E-state index in [-0.39, 0.29) is 0 Å². The van der Waals surface area contributed by atoms with Crippen molar-refractivity contribution in [2.45, 2.75) is 38.4 Å². The first-order chi connectivity index (χ1) is 6.00. The molecule has 0 spiro atoms. The molecule has 1 rings (SSSR count). The van der Waals surface area contributed by atoms with Crippen LogP contribution in [0.2, 0.25) is 0 Å². The van der Waals surface area contributed by atoms with E-state index >= 15 is 0 Å². The maximum absolute atomic E-state index is 13.0. The molecular formula is C9H17FN2O. The maximum atomic E-state index is 13.0. The molecule has 1 aliphatic heterocycles. The van der Waals surface area contributed by atoms with Gasteiger partial charge in [-0.2, -0.15) is 0 Å². The van der Waals surface area contributed by atoms with Gasteiger partial charge in [0.15, 0.2) is 5.67 Å². The molecule has 0 aromatic carbocycles. The van der Waals surface area contributed by atoms with E-state index in [0.717, 1.165) is 19.4 Å². The molecule has 13 heavy (non-hydrogen) atoms. The van der Waals surface area contributed by atoms with Gasteiger partial charge in [0.1, 0.15) is 0 Å². The van der Waals surface area contributed by atoms with E-state index in [1.165, 1.54) is 13.8 Å². The highest BCUT2D eigenvalue weighted by atomic mass is 19.1. The lowest BCUT2D eigenvalue weighted by atomic mass is 10.1. The first-order valence-corrected chi connectivity index (χ1v) is 4.71. The molecule has 76 valence electrons. The van der Waals surface area contributed by atoms with Crippen molar-refractivity contribution >= 4 is 5.91 Å². The Hall–Kier alpha value is -0.640. The molecule has 0 saturated carbocycles. The highest BCUT2D eigenvalue weighted by Gasteiger charge is 2.27. The lowest BCUT2D eigenvalue weighted by Gasteiger charge is -2.16. The van der Waals surface area contributed by atoms with E-state index in [1.54, 1.807) is 0 Å². The largest absolute Gasteiger partial charge is 0.352 e. The van der Waals surface area contributed by atoms with E-state index in [2.05, 4.69) is 10.6 Å². The average Bonchev–Trinajstić information content (AvgIpc) is 2.50. The number of halogens is 1. The minimum Gasteiger partial charge on any atom is -0.352 e.